The summed E-state index contributed by atoms with van der Waals surface area (Å²) in [5, 5.41) is 8.17. The Kier molecular flexibility index (Phi) is 5.98. The van der Waals surface area contributed by atoms with Crippen LogP contribution in [0.4, 0.5) is 18.0 Å². The van der Waals surface area contributed by atoms with E-state index in [1.54, 1.807) is 16.7 Å². The largest absolute Gasteiger partial charge is 0.440 e. The van der Waals surface area contributed by atoms with Crippen LogP contribution >= 0.6 is 0 Å². The van der Waals surface area contributed by atoms with Gasteiger partial charge in [-0.1, -0.05) is 30.3 Å². The second-order valence-electron chi connectivity index (χ2n) is 6.89. The average molecular weight is 470 g/mol. The van der Waals surface area contributed by atoms with E-state index >= 15 is 0 Å². The fourth-order valence-electron chi connectivity index (χ4n) is 3.05. The zero-order chi connectivity index (χ0) is 23.7. The third-order valence-corrected chi connectivity index (χ3v) is 5.67. The molecule has 0 saturated carbocycles. The molecule has 1 aliphatic rings. The van der Waals surface area contributed by atoms with Gasteiger partial charge in [-0.25, -0.2) is 18.4 Å². The number of nitrogens with zero attached hydrogens (tertiary/aromatic N) is 1. The van der Waals surface area contributed by atoms with Gasteiger partial charge in [-0.05, 0) is 36.2 Å². The van der Waals surface area contributed by atoms with Crippen LogP contribution in [-0.2, 0) is 21.2 Å². The lowest BCUT2D eigenvalue weighted by atomic mass is 10.1. The Morgan fingerprint density at radius 2 is 1.66 bits per heavy atom. The number of alkyl halides is 3. The zero-order valence-corrected chi connectivity index (χ0v) is 17.0. The lowest BCUT2D eigenvalue weighted by molar-refractivity contribution is -0.200. The first-order chi connectivity index (χ1) is 14.8. The summed E-state index contributed by atoms with van der Waals surface area (Å²) in [7, 11) is -3.93. The van der Waals surface area contributed by atoms with E-state index in [0.29, 0.717) is 10.5 Å². The Morgan fingerprint density at radius 3 is 2.19 bits per heavy atom. The highest BCUT2D eigenvalue weighted by atomic mass is 32.2. The molecule has 4 N–H and O–H groups in total. The standard InChI is InChI=1S/C19H17F3N4O5S/c20-19(21,22)18(24-15(27)13-4-2-1-3-5-13)16(28)26(17(29)25-18)11-10-12-6-8-14(9-7-12)32(23,30)31/h1-9H,10-11H2,(H,24,27)(H,25,29)(H2,23,30,31)/t18-/m1/s1. The molecule has 1 heterocycles. The molecule has 0 aliphatic carbocycles. The Morgan fingerprint density at radius 1 is 1.06 bits per heavy atom. The van der Waals surface area contributed by atoms with Crippen molar-refractivity contribution in [2.24, 2.45) is 5.14 Å². The number of carbonyl (C=O) groups excluding carboxylic acids is 3. The van der Waals surface area contributed by atoms with Crippen molar-refractivity contribution in [3.05, 3.63) is 65.7 Å². The summed E-state index contributed by atoms with van der Waals surface area (Å²) in [5.74, 6) is -2.88. The van der Waals surface area contributed by atoms with Gasteiger partial charge in [0.15, 0.2) is 0 Å². The van der Waals surface area contributed by atoms with E-state index in [-0.39, 0.29) is 16.9 Å². The summed E-state index contributed by atoms with van der Waals surface area (Å²) >= 11 is 0. The maximum Gasteiger partial charge on any atom is 0.440 e. The molecule has 2 aromatic carbocycles. The van der Waals surface area contributed by atoms with Gasteiger partial charge < -0.3 is 5.32 Å². The first-order valence-electron chi connectivity index (χ1n) is 9.05. The minimum atomic E-state index is -5.32. The van der Waals surface area contributed by atoms with Crippen LogP contribution in [0.3, 0.4) is 0 Å². The Balaban J connectivity index is 1.80. The van der Waals surface area contributed by atoms with Crippen molar-refractivity contribution in [3.63, 3.8) is 0 Å². The fraction of sp³-hybridized carbons (Fsp3) is 0.211. The number of amides is 4. The van der Waals surface area contributed by atoms with Crippen LogP contribution in [-0.4, -0.2) is 49.5 Å². The van der Waals surface area contributed by atoms with Gasteiger partial charge >= 0.3 is 12.2 Å². The monoisotopic (exact) mass is 470 g/mol. The number of hydrogen-bond acceptors (Lipinski definition) is 5. The normalized spacial score (nSPS) is 19.1. The molecule has 1 aliphatic heterocycles. The van der Waals surface area contributed by atoms with E-state index < -0.39 is 46.3 Å². The molecule has 0 radical (unpaired) electrons. The number of imide groups is 1. The molecule has 13 heteroatoms. The van der Waals surface area contributed by atoms with Crippen molar-refractivity contribution in [1.82, 2.24) is 15.5 Å². The quantitative estimate of drug-likeness (QED) is 0.543. The van der Waals surface area contributed by atoms with E-state index in [9.17, 15) is 36.0 Å². The van der Waals surface area contributed by atoms with Crippen LogP contribution in [0.5, 0.6) is 0 Å². The van der Waals surface area contributed by atoms with Crippen LogP contribution in [0.25, 0.3) is 0 Å². The number of rotatable bonds is 6. The van der Waals surface area contributed by atoms with E-state index in [2.05, 4.69) is 0 Å². The predicted molar refractivity (Wildman–Crippen MR) is 104 cm³/mol. The highest BCUT2D eigenvalue weighted by Gasteiger charge is 2.68. The molecule has 3 rings (SSSR count). The van der Waals surface area contributed by atoms with Gasteiger partial charge in [-0.2, -0.15) is 13.2 Å². The third-order valence-electron chi connectivity index (χ3n) is 4.74. The summed E-state index contributed by atoms with van der Waals surface area (Å²) < 4.78 is 64.2. The second kappa shape index (κ2) is 8.24. The SMILES string of the molecule is NS(=O)(=O)c1ccc(CCN2C(=O)N[C@@](NC(=O)c3ccccc3)(C(F)(F)F)C2=O)cc1. The highest BCUT2D eigenvalue weighted by Crippen LogP contribution is 2.34. The van der Waals surface area contributed by atoms with Crippen LogP contribution in [0, 0.1) is 0 Å². The first-order valence-corrected chi connectivity index (χ1v) is 10.6. The van der Waals surface area contributed by atoms with Crippen molar-refractivity contribution in [2.75, 3.05) is 6.54 Å². The number of urea groups is 1. The molecule has 0 spiro atoms. The van der Waals surface area contributed by atoms with Gasteiger partial charge in [-0.3, -0.25) is 19.8 Å². The minimum Gasteiger partial charge on any atom is -0.314 e. The maximum atomic E-state index is 13.9. The number of carbonyl (C=O) groups is 3. The Bertz CT molecular complexity index is 1150. The Hall–Kier alpha value is -3.45. The number of benzene rings is 2. The van der Waals surface area contributed by atoms with Crippen molar-refractivity contribution >= 4 is 27.9 Å². The number of halogens is 3. The fourth-order valence-corrected chi connectivity index (χ4v) is 3.56. The van der Waals surface area contributed by atoms with Gasteiger partial charge in [-0.15, -0.1) is 0 Å². The molecule has 0 aromatic heterocycles. The summed E-state index contributed by atoms with van der Waals surface area (Å²) in [6.07, 6.45) is -5.39. The molecular weight excluding hydrogens is 453 g/mol. The number of nitrogens with two attached hydrogens (primary N) is 1. The van der Waals surface area contributed by atoms with Crippen molar-refractivity contribution in [1.29, 1.82) is 0 Å². The molecular formula is C19H17F3N4O5S. The molecule has 170 valence electrons. The molecule has 9 nitrogen and oxygen atoms in total. The van der Waals surface area contributed by atoms with Crippen molar-refractivity contribution in [2.45, 2.75) is 23.2 Å². The molecule has 0 bridgehead atoms. The summed E-state index contributed by atoms with van der Waals surface area (Å²) in [6.45, 7) is -0.446. The van der Waals surface area contributed by atoms with Crippen LogP contribution in [0.2, 0.25) is 0 Å². The molecule has 1 atom stereocenters. The second-order valence-corrected chi connectivity index (χ2v) is 8.46. The topological polar surface area (TPSA) is 139 Å². The average Bonchev–Trinajstić information content (AvgIpc) is 2.97. The molecule has 0 unspecified atom stereocenters. The van der Waals surface area contributed by atoms with Crippen molar-refractivity contribution < 1.29 is 36.0 Å². The Labute approximate surface area is 180 Å². The number of hydrogen-bond donors (Lipinski definition) is 3. The smallest absolute Gasteiger partial charge is 0.314 e. The predicted octanol–water partition coefficient (Wildman–Crippen LogP) is 1.12. The van der Waals surface area contributed by atoms with Gasteiger partial charge in [0.2, 0.25) is 10.0 Å². The van der Waals surface area contributed by atoms with E-state index in [4.69, 9.17) is 5.14 Å². The molecule has 2 aromatic rings. The molecule has 4 amide bonds. The highest BCUT2D eigenvalue weighted by molar-refractivity contribution is 7.89. The van der Waals surface area contributed by atoms with Gasteiger partial charge in [0.1, 0.15) is 0 Å². The molecule has 1 fully saturated rings. The number of primary sulfonamides is 1. The van der Waals surface area contributed by atoms with Gasteiger partial charge in [0.05, 0.1) is 4.90 Å². The summed E-state index contributed by atoms with van der Waals surface area (Å²) in [5.41, 5.74) is -3.31. The first kappa shape index (κ1) is 23.2. The summed E-state index contributed by atoms with van der Waals surface area (Å²) in [4.78, 5) is 37.4. The van der Waals surface area contributed by atoms with E-state index in [0.717, 1.165) is 0 Å². The number of nitrogens with one attached hydrogen (secondary N) is 2. The van der Waals surface area contributed by atoms with Crippen LogP contribution in [0.15, 0.2) is 59.5 Å². The minimum absolute atomic E-state index is 0.0649. The number of sulfonamides is 1. The lowest BCUT2D eigenvalue weighted by Crippen LogP contribution is -2.69. The van der Waals surface area contributed by atoms with Gasteiger partial charge in [0, 0.05) is 12.1 Å². The van der Waals surface area contributed by atoms with Crippen LogP contribution < -0.4 is 15.8 Å². The molecule has 32 heavy (non-hydrogen) atoms. The van der Waals surface area contributed by atoms with Crippen molar-refractivity contribution in [3.8, 4) is 0 Å². The van der Waals surface area contributed by atoms with Gasteiger partial charge in [0.25, 0.3) is 17.5 Å². The zero-order valence-electron chi connectivity index (χ0n) is 16.2. The lowest BCUT2D eigenvalue weighted by Gasteiger charge is -2.29. The maximum absolute atomic E-state index is 13.9. The van der Waals surface area contributed by atoms with E-state index in [1.807, 2.05) is 0 Å². The van der Waals surface area contributed by atoms with E-state index in [1.165, 1.54) is 48.5 Å². The molecule has 1 saturated heterocycles. The summed E-state index contributed by atoms with van der Waals surface area (Å²) in [6, 6.07) is 10.7. The third kappa shape index (κ3) is 4.43. The van der Waals surface area contributed by atoms with Crippen LogP contribution in [0.1, 0.15) is 15.9 Å².